The van der Waals surface area contributed by atoms with Crippen LogP contribution < -0.4 is 10.1 Å². The van der Waals surface area contributed by atoms with Gasteiger partial charge in [-0.25, -0.2) is 4.79 Å². The van der Waals surface area contributed by atoms with Crippen LogP contribution in [-0.4, -0.2) is 43.3 Å². The van der Waals surface area contributed by atoms with Gasteiger partial charge in [0.25, 0.3) is 0 Å². The van der Waals surface area contributed by atoms with Gasteiger partial charge in [-0.2, -0.15) is 0 Å². The van der Waals surface area contributed by atoms with Crippen molar-refractivity contribution in [1.29, 1.82) is 0 Å². The first kappa shape index (κ1) is 29.7. The van der Waals surface area contributed by atoms with Crippen molar-refractivity contribution in [1.82, 2.24) is 5.32 Å². The minimum Gasteiger partial charge on any atom is -0.476 e. The van der Waals surface area contributed by atoms with Gasteiger partial charge in [-0.15, -0.1) is 11.8 Å². The van der Waals surface area contributed by atoms with Crippen molar-refractivity contribution in [3.63, 3.8) is 0 Å². The van der Waals surface area contributed by atoms with E-state index in [1.54, 1.807) is 32.5 Å². The molecule has 188 valence electrons. The van der Waals surface area contributed by atoms with E-state index >= 15 is 0 Å². The van der Waals surface area contributed by atoms with Crippen molar-refractivity contribution in [2.24, 2.45) is 5.92 Å². The van der Waals surface area contributed by atoms with E-state index in [0.717, 1.165) is 42.0 Å². The smallest absolute Gasteiger partial charge is 0.349 e. The highest BCUT2D eigenvalue weighted by atomic mass is 32.2. The number of hydrogen-bond donors (Lipinski definition) is 1. The van der Waals surface area contributed by atoms with Crippen molar-refractivity contribution in [3.8, 4) is 5.75 Å². The molecule has 1 N–H and O–H groups in total. The third-order valence-electron chi connectivity index (χ3n) is 5.34. The number of ketones is 1. The summed E-state index contributed by atoms with van der Waals surface area (Å²) in [6.45, 7) is 15.3. The Morgan fingerprint density at radius 2 is 1.65 bits per heavy atom. The Morgan fingerprint density at radius 1 is 1.06 bits per heavy atom. The Kier molecular flexibility index (Phi) is 13.0. The monoisotopic (exact) mass is 487 g/mol. The highest BCUT2D eigenvalue weighted by molar-refractivity contribution is 7.98. The summed E-state index contributed by atoms with van der Waals surface area (Å²) in [7, 11) is 0. The Labute approximate surface area is 210 Å². The van der Waals surface area contributed by atoms with E-state index in [1.165, 1.54) is 4.90 Å². The maximum atomic E-state index is 12.0. The SMILES string of the molecule is CC.CCOC(=O)C(C)(C)Oc1c(C)cccc1C.CSc1ccc(C(=O)C2CCNC2)cc1. The van der Waals surface area contributed by atoms with Gasteiger partial charge < -0.3 is 14.8 Å². The van der Waals surface area contributed by atoms with Crippen LogP contribution in [0.4, 0.5) is 0 Å². The largest absolute Gasteiger partial charge is 0.476 e. The van der Waals surface area contributed by atoms with Gasteiger partial charge in [0.05, 0.1) is 6.61 Å². The number of rotatable bonds is 7. The molecule has 1 atom stereocenters. The Balaban J connectivity index is 0.000000318. The van der Waals surface area contributed by atoms with Crippen molar-refractivity contribution in [2.45, 2.75) is 65.4 Å². The number of nitrogens with one attached hydrogen (secondary N) is 1. The summed E-state index contributed by atoms with van der Waals surface area (Å²) < 4.78 is 10.8. The molecule has 3 rings (SSSR count). The molecule has 1 saturated heterocycles. The van der Waals surface area contributed by atoms with E-state index < -0.39 is 5.60 Å². The first-order valence-electron chi connectivity index (χ1n) is 12.0. The van der Waals surface area contributed by atoms with Crippen molar-refractivity contribution in [2.75, 3.05) is 26.0 Å². The number of esters is 1. The number of ether oxygens (including phenoxy) is 2. The van der Waals surface area contributed by atoms with Crippen LogP contribution in [0.5, 0.6) is 5.75 Å². The third-order valence-corrected chi connectivity index (χ3v) is 6.08. The molecule has 1 aliphatic rings. The Bertz CT molecular complexity index is 883. The molecule has 1 heterocycles. The van der Waals surface area contributed by atoms with Gasteiger partial charge in [0.2, 0.25) is 0 Å². The normalized spacial score (nSPS) is 14.8. The molecule has 2 aromatic rings. The van der Waals surface area contributed by atoms with Gasteiger partial charge >= 0.3 is 5.97 Å². The lowest BCUT2D eigenvalue weighted by atomic mass is 9.97. The van der Waals surface area contributed by atoms with E-state index in [1.807, 2.05) is 76.4 Å². The van der Waals surface area contributed by atoms with Crippen LogP contribution in [0.3, 0.4) is 0 Å². The minimum absolute atomic E-state index is 0.185. The van der Waals surface area contributed by atoms with Crippen LogP contribution in [0.25, 0.3) is 0 Å². The quantitative estimate of drug-likeness (QED) is 0.283. The van der Waals surface area contributed by atoms with Gasteiger partial charge in [-0.05, 0) is 77.1 Å². The topological polar surface area (TPSA) is 64.6 Å². The van der Waals surface area contributed by atoms with Gasteiger partial charge in [-0.1, -0.05) is 44.2 Å². The zero-order valence-corrected chi connectivity index (χ0v) is 22.8. The number of aryl methyl sites for hydroxylation is 2. The van der Waals surface area contributed by atoms with Crippen LogP contribution in [0.15, 0.2) is 47.4 Å². The average Bonchev–Trinajstić information content (AvgIpc) is 3.38. The standard InChI is InChI=1S/C14H20O3.C12H15NOS.C2H6/c1-6-16-13(15)14(4,5)17-12-10(2)8-7-9-11(12)3;1-15-11-4-2-9(3-5-11)12(14)10-6-7-13-8-10;1-2/h7-9H,6H2,1-5H3;2-5,10,13H,6-8H2,1H3;1-2H3. The molecule has 0 amide bonds. The number of carbonyl (C=O) groups excluding carboxylic acids is 2. The highest BCUT2D eigenvalue weighted by Crippen LogP contribution is 2.27. The molecule has 1 aliphatic heterocycles. The number of thioether (sulfide) groups is 1. The fourth-order valence-electron chi connectivity index (χ4n) is 3.43. The number of hydrogen-bond acceptors (Lipinski definition) is 6. The van der Waals surface area contributed by atoms with E-state index in [0.29, 0.717) is 6.61 Å². The summed E-state index contributed by atoms with van der Waals surface area (Å²) >= 11 is 1.70. The molecule has 1 unspecified atom stereocenters. The van der Waals surface area contributed by atoms with E-state index in [-0.39, 0.29) is 17.7 Å². The van der Waals surface area contributed by atoms with Gasteiger partial charge in [0, 0.05) is 22.9 Å². The first-order valence-corrected chi connectivity index (χ1v) is 13.2. The fraction of sp³-hybridized carbons (Fsp3) is 0.500. The molecular weight excluding hydrogens is 446 g/mol. The second-order valence-corrected chi connectivity index (χ2v) is 9.22. The zero-order valence-electron chi connectivity index (χ0n) is 22.0. The van der Waals surface area contributed by atoms with Crippen molar-refractivity contribution >= 4 is 23.5 Å². The predicted molar refractivity (Wildman–Crippen MR) is 142 cm³/mol. The molecule has 2 aromatic carbocycles. The maximum absolute atomic E-state index is 12.0. The van der Waals surface area contributed by atoms with E-state index in [4.69, 9.17) is 9.47 Å². The lowest BCUT2D eigenvalue weighted by Gasteiger charge is -2.26. The van der Waals surface area contributed by atoms with Gasteiger partial charge in [0.1, 0.15) is 5.75 Å². The highest BCUT2D eigenvalue weighted by Gasteiger charge is 2.32. The first-order chi connectivity index (χ1) is 16.2. The summed E-state index contributed by atoms with van der Waals surface area (Å²) in [6, 6.07) is 13.8. The minimum atomic E-state index is -0.965. The number of benzene rings is 2. The number of para-hydroxylation sites is 1. The lowest BCUT2D eigenvalue weighted by molar-refractivity contribution is -0.158. The number of Topliss-reactive ketones (excluding diaryl/α,β-unsaturated/α-hetero) is 1. The van der Waals surface area contributed by atoms with E-state index in [2.05, 4.69) is 5.32 Å². The molecule has 0 radical (unpaired) electrons. The average molecular weight is 488 g/mol. The van der Waals surface area contributed by atoms with Crippen LogP contribution in [0.2, 0.25) is 0 Å². The third kappa shape index (κ3) is 8.80. The van der Waals surface area contributed by atoms with Crippen LogP contribution in [0, 0.1) is 19.8 Å². The predicted octanol–water partition coefficient (Wildman–Crippen LogP) is 6.25. The van der Waals surface area contributed by atoms with E-state index in [9.17, 15) is 9.59 Å². The van der Waals surface area contributed by atoms with Crippen LogP contribution in [0.1, 0.15) is 62.5 Å². The molecule has 5 nitrogen and oxygen atoms in total. The fourth-order valence-corrected chi connectivity index (χ4v) is 3.84. The summed E-state index contributed by atoms with van der Waals surface area (Å²) in [4.78, 5) is 24.9. The molecule has 0 saturated carbocycles. The molecule has 1 fully saturated rings. The summed E-state index contributed by atoms with van der Waals surface area (Å²) in [5, 5.41) is 3.22. The van der Waals surface area contributed by atoms with Crippen molar-refractivity contribution in [3.05, 3.63) is 59.2 Å². The zero-order chi connectivity index (χ0) is 25.7. The molecular formula is C28H41NO4S. The molecule has 0 aliphatic carbocycles. The summed E-state index contributed by atoms with van der Waals surface area (Å²) in [6.07, 6.45) is 3.01. The summed E-state index contributed by atoms with van der Waals surface area (Å²) in [5.74, 6) is 0.881. The molecule has 0 spiro atoms. The Hall–Kier alpha value is -2.31. The molecule has 6 heteroatoms. The second kappa shape index (κ2) is 14.8. The van der Waals surface area contributed by atoms with Gasteiger partial charge in [0.15, 0.2) is 11.4 Å². The van der Waals surface area contributed by atoms with Crippen molar-refractivity contribution < 1.29 is 19.1 Å². The lowest BCUT2D eigenvalue weighted by Crippen LogP contribution is -2.40. The second-order valence-electron chi connectivity index (χ2n) is 8.34. The number of carbonyl (C=O) groups is 2. The molecule has 0 bridgehead atoms. The summed E-state index contributed by atoms with van der Waals surface area (Å²) in [5.41, 5.74) is 1.92. The Morgan fingerprint density at radius 3 is 2.12 bits per heavy atom. The maximum Gasteiger partial charge on any atom is 0.349 e. The molecule has 0 aromatic heterocycles. The van der Waals surface area contributed by atoms with Crippen LogP contribution >= 0.6 is 11.8 Å². The van der Waals surface area contributed by atoms with Crippen LogP contribution in [-0.2, 0) is 9.53 Å². The molecule has 34 heavy (non-hydrogen) atoms. The van der Waals surface area contributed by atoms with Gasteiger partial charge in [-0.3, -0.25) is 4.79 Å².